The molecule has 0 fully saturated rings. The van der Waals surface area contributed by atoms with Gasteiger partial charge in [0, 0.05) is 52.0 Å². The van der Waals surface area contributed by atoms with Crippen LogP contribution in [0.5, 0.6) is 0 Å². The lowest BCUT2D eigenvalue weighted by atomic mass is 9.90. The SMILES string of the molecule is c1ccc(-c2nc(-c3ccccc3)nc(-c3ccc(-c4ccc5c6c4ccc4sc7cccc(c7c46)S5)c4ccccc34)n2)cc1. The zero-order valence-electron chi connectivity index (χ0n) is 24.4. The normalized spacial score (nSPS) is 12.3. The third kappa shape index (κ3) is 3.89. The van der Waals surface area contributed by atoms with Gasteiger partial charge in [0.2, 0.25) is 0 Å². The van der Waals surface area contributed by atoms with Crippen LogP contribution in [0.2, 0.25) is 0 Å². The Morgan fingerprint density at radius 2 is 0.913 bits per heavy atom. The lowest BCUT2D eigenvalue weighted by Gasteiger charge is -2.18. The molecule has 1 aliphatic heterocycles. The van der Waals surface area contributed by atoms with Gasteiger partial charge in [-0.15, -0.1) is 11.3 Å². The van der Waals surface area contributed by atoms with Crippen LogP contribution in [0.4, 0.5) is 0 Å². The second-order valence-corrected chi connectivity index (χ2v) is 13.7. The van der Waals surface area contributed by atoms with Crippen molar-refractivity contribution in [2.24, 2.45) is 0 Å². The average molecular weight is 622 g/mol. The second-order valence-electron chi connectivity index (χ2n) is 11.6. The number of hydrogen-bond donors (Lipinski definition) is 0. The fourth-order valence-electron chi connectivity index (χ4n) is 6.87. The van der Waals surface area contributed by atoms with Gasteiger partial charge in [0.05, 0.1) is 0 Å². The molecular weight excluding hydrogens is 599 g/mol. The summed E-state index contributed by atoms with van der Waals surface area (Å²) in [5.41, 5.74) is 5.37. The van der Waals surface area contributed by atoms with Crippen LogP contribution in [-0.4, -0.2) is 15.0 Å². The van der Waals surface area contributed by atoms with Crippen molar-refractivity contribution in [2.75, 3.05) is 0 Å². The highest BCUT2D eigenvalue weighted by atomic mass is 32.2. The molecule has 5 heteroatoms. The first-order valence-corrected chi connectivity index (χ1v) is 16.9. The Kier molecular flexibility index (Phi) is 5.68. The van der Waals surface area contributed by atoms with Crippen molar-refractivity contribution in [1.82, 2.24) is 15.0 Å². The molecule has 7 aromatic carbocycles. The van der Waals surface area contributed by atoms with Crippen molar-refractivity contribution < 1.29 is 0 Å². The maximum absolute atomic E-state index is 5.05. The number of benzene rings is 7. The van der Waals surface area contributed by atoms with E-state index in [4.69, 9.17) is 15.0 Å². The molecule has 2 aromatic heterocycles. The molecule has 1 aliphatic rings. The highest BCUT2D eigenvalue weighted by molar-refractivity contribution is 8.00. The van der Waals surface area contributed by atoms with E-state index in [0.29, 0.717) is 17.5 Å². The number of fused-ring (bicyclic) bond motifs is 1. The quantitative estimate of drug-likeness (QED) is 0.196. The van der Waals surface area contributed by atoms with E-state index < -0.39 is 0 Å². The minimum Gasteiger partial charge on any atom is -0.208 e. The molecule has 0 saturated carbocycles. The molecule has 0 spiro atoms. The molecule has 46 heavy (non-hydrogen) atoms. The Labute approximate surface area is 273 Å². The topological polar surface area (TPSA) is 38.7 Å². The molecule has 0 radical (unpaired) electrons. The number of hydrogen-bond acceptors (Lipinski definition) is 5. The lowest BCUT2D eigenvalue weighted by molar-refractivity contribution is 1.08. The first-order valence-electron chi connectivity index (χ1n) is 15.3. The van der Waals surface area contributed by atoms with Gasteiger partial charge < -0.3 is 0 Å². The predicted octanol–water partition coefficient (Wildman–Crippen LogP) is 11.7. The smallest absolute Gasteiger partial charge is 0.164 e. The van der Waals surface area contributed by atoms with Crippen LogP contribution in [0.15, 0.2) is 149 Å². The number of aromatic nitrogens is 3. The summed E-state index contributed by atoms with van der Waals surface area (Å²) < 4.78 is 2.72. The van der Waals surface area contributed by atoms with E-state index in [1.54, 1.807) is 0 Å². The summed E-state index contributed by atoms with van der Waals surface area (Å²) in [4.78, 5) is 17.7. The molecule has 9 aromatic rings. The monoisotopic (exact) mass is 621 g/mol. The summed E-state index contributed by atoms with van der Waals surface area (Å²) >= 11 is 3.79. The summed E-state index contributed by atoms with van der Waals surface area (Å²) in [6.45, 7) is 0. The van der Waals surface area contributed by atoms with Crippen LogP contribution >= 0.6 is 23.1 Å². The maximum atomic E-state index is 5.05. The van der Waals surface area contributed by atoms with Gasteiger partial charge in [-0.3, -0.25) is 0 Å². The standard InChI is InChI=1S/C41H23N3S2/c1-3-10-24(11-4-1)39-42-40(25-12-5-2-6-13-25)44-41(43-39)31-19-18-28(26-14-7-8-15-27(26)31)29-20-22-34-36-30(29)21-23-35-38(36)37-32(45-34)16-9-17-33(37)46-35/h1-23H. The molecule has 0 atom stereocenters. The van der Waals surface area contributed by atoms with Crippen LogP contribution in [0.3, 0.4) is 0 Å². The van der Waals surface area contributed by atoms with Gasteiger partial charge in [0.15, 0.2) is 17.5 Å². The van der Waals surface area contributed by atoms with E-state index in [9.17, 15) is 0 Å². The van der Waals surface area contributed by atoms with Gasteiger partial charge in [-0.25, -0.2) is 15.0 Å². The van der Waals surface area contributed by atoms with Crippen molar-refractivity contribution in [3.8, 4) is 45.3 Å². The lowest BCUT2D eigenvalue weighted by Crippen LogP contribution is -2.00. The van der Waals surface area contributed by atoms with Crippen LogP contribution < -0.4 is 0 Å². The second kappa shape index (κ2) is 10.1. The molecular formula is C41H23N3S2. The fourth-order valence-corrected chi connectivity index (χ4v) is 9.22. The van der Waals surface area contributed by atoms with Crippen LogP contribution in [0, 0.1) is 0 Å². The Bertz CT molecular complexity index is 2610. The fraction of sp³-hybridized carbons (Fsp3) is 0. The van der Waals surface area contributed by atoms with Crippen molar-refractivity contribution >= 4 is 64.8 Å². The molecule has 0 bridgehead atoms. The van der Waals surface area contributed by atoms with Gasteiger partial charge in [-0.05, 0) is 57.6 Å². The molecule has 0 unspecified atom stereocenters. The highest BCUT2D eigenvalue weighted by Crippen LogP contribution is 2.53. The largest absolute Gasteiger partial charge is 0.208 e. The van der Waals surface area contributed by atoms with Crippen LogP contribution in [-0.2, 0) is 0 Å². The van der Waals surface area contributed by atoms with Crippen LogP contribution in [0.25, 0.3) is 87.0 Å². The number of thiophene rings is 1. The van der Waals surface area contributed by atoms with E-state index in [0.717, 1.165) is 22.1 Å². The summed E-state index contributed by atoms with van der Waals surface area (Å²) in [6, 6.07) is 49.3. The van der Waals surface area contributed by atoms with Gasteiger partial charge in [0.25, 0.3) is 0 Å². The van der Waals surface area contributed by atoms with Gasteiger partial charge >= 0.3 is 0 Å². The van der Waals surface area contributed by atoms with E-state index in [-0.39, 0.29) is 0 Å². The van der Waals surface area contributed by atoms with Gasteiger partial charge in [-0.1, -0.05) is 121 Å². The Morgan fingerprint density at radius 1 is 0.348 bits per heavy atom. The third-order valence-electron chi connectivity index (χ3n) is 8.94. The van der Waals surface area contributed by atoms with Gasteiger partial charge in [0.1, 0.15) is 0 Å². The number of rotatable bonds is 4. The highest BCUT2D eigenvalue weighted by Gasteiger charge is 2.23. The Balaban J connectivity index is 1.21. The Hall–Kier alpha value is -5.36. The van der Waals surface area contributed by atoms with E-state index in [1.807, 2.05) is 83.8 Å². The molecule has 0 saturated heterocycles. The van der Waals surface area contributed by atoms with Gasteiger partial charge in [-0.2, -0.15) is 0 Å². The summed E-state index contributed by atoms with van der Waals surface area (Å²) in [7, 11) is 0. The van der Waals surface area contributed by atoms with Crippen molar-refractivity contribution in [1.29, 1.82) is 0 Å². The molecule has 214 valence electrons. The summed E-state index contributed by atoms with van der Waals surface area (Å²) in [6.07, 6.45) is 0. The van der Waals surface area contributed by atoms with E-state index in [1.165, 1.54) is 57.2 Å². The Morgan fingerprint density at radius 3 is 1.65 bits per heavy atom. The third-order valence-corrected chi connectivity index (χ3v) is 11.2. The minimum absolute atomic E-state index is 0.664. The minimum atomic E-state index is 0.664. The zero-order chi connectivity index (χ0) is 30.2. The molecule has 0 aliphatic carbocycles. The summed E-state index contributed by atoms with van der Waals surface area (Å²) in [5.74, 6) is 2.00. The average Bonchev–Trinajstić information content (AvgIpc) is 3.52. The molecule has 10 rings (SSSR count). The molecule has 3 nitrogen and oxygen atoms in total. The van der Waals surface area contributed by atoms with Crippen molar-refractivity contribution in [3.63, 3.8) is 0 Å². The van der Waals surface area contributed by atoms with E-state index >= 15 is 0 Å². The molecule has 0 amide bonds. The maximum Gasteiger partial charge on any atom is 0.164 e. The molecule has 3 heterocycles. The van der Waals surface area contributed by atoms with Crippen molar-refractivity contribution in [3.05, 3.63) is 140 Å². The first-order chi connectivity index (χ1) is 22.8. The number of nitrogens with zero attached hydrogens (tertiary/aromatic N) is 3. The predicted molar refractivity (Wildman–Crippen MR) is 194 cm³/mol. The van der Waals surface area contributed by atoms with Crippen LogP contribution in [0.1, 0.15) is 0 Å². The summed E-state index contributed by atoms with van der Waals surface area (Å²) in [5, 5.41) is 7.76. The zero-order valence-corrected chi connectivity index (χ0v) is 26.1. The van der Waals surface area contributed by atoms with Crippen molar-refractivity contribution in [2.45, 2.75) is 9.79 Å². The first kappa shape index (κ1) is 25.9. The van der Waals surface area contributed by atoms with E-state index in [2.05, 4.69) is 78.9 Å². The molecule has 0 N–H and O–H groups in total.